The van der Waals surface area contributed by atoms with Crippen LogP contribution in [0, 0.1) is 22.2 Å². The Bertz CT molecular complexity index is 730. The Morgan fingerprint density at radius 1 is 1.12 bits per heavy atom. The second-order valence-electron chi connectivity index (χ2n) is 7.38. The first kappa shape index (κ1) is 16.2. The summed E-state index contributed by atoms with van der Waals surface area (Å²) in [5, 5.41) is 9.24. The standard InChI is InChI=1S/C17H19F2N5O/c18-17(19)5-9-23(13(25)15(10-20)2-3-15)11-16(17)4-8-24(12-16)14-21-6-1-7-22-14/h1,6-7H,2-5,8-9,11-12H2. The summed E-state index contributed by atoms with van der Waals surface area (Å²) >= 11 is 0. The van der Waals surface area contributed by atoms with E-state index in [1.54, 1.807) is 23.4 Å². The van der Waals surface area contributed by atoms with Gasteiger partial charge in [0.25, 0.3) is 5.92 Å². The number of carbonyl (C=O) groups excluding carboxylic acids is 1. The first-order valence-electron chi connectivity index (χ1n) is 8.52. The summed E-state index contributed by atoms with van der Waals surface area (Å²) in [6.07, 6.45) is 4.17. The second kappa shape index (κ2) is 5.35. The van der Waals surface area contributed by atoms with Crippen LogP contribution in [0.1, 0.15) is 25.7 Å². The Kier molecular flexibility index (Phi) is 3.46. The minimum absolute atomic E-state index is 0.00834. The zero-order valence-electron chi connectivity index (χ0n) is 13.8. The van der Waals surface area contributed by atoms with Crippen molar-refractivity contribution in [2.75, 3.05) is 31.1 Å². The fourth-order valence-corrected chi connectivity index (χ4v) is 4.00. The maximum Gasteiger partial charge on any atom is 0.258 e. The van der Waals surface area contributed by atoms with E-state index in [1.807, 2.05) is 0 Å². The van der Waals surface area contributed by atoms with Gasteiger partial charge < -0.3 is 9.80 Å². The molecule has 3 aliphatic rings. The van der Waals surface area contributed by atoms with E-state index in [0.29, 0.717) is 25.3 Å². The summed E-state index contributed by atoms with van der Waals surface area (Å²) in [5.74, 6) is -2.69. The van der Waals surface area contributed by atoms with E-state index in [1.165, 1.54) is 4.90 Å². The van der Waals surface area contributed by atoms with Gasteiger partial charge >= 0.3 is 0 Å². The normalized spacial score (nSPS) is 29.5. The van der Waals surface area contributed by atoms with Crippen LogP contribution in [-0.2, 0) is 4.79 Å². The molecule has 0 bridgehead atoms. The van der Waals surface area contributed by atoms with Crippen LogP contribution in [0.15, 0.2) is 18.5 Å². The van der Waals surface area contributed by atoms with Gasteiger partial charge in [-0.3, -0.25) is 4.79 Å². The number of piperidine rings is 1. The van der Waals surface area contributed by atoms with Gasteiger partial charge in [-0.25, -0.2) is 18.7 Å². The van der Waals surface area contributed by atoms with Gasteiger partial charge in [0.05, 0.1) is 11.5 Å². The van der Waals surface area contributed by atoms with Crippen LogP contribution in [0.2, 0.25) is 0 Å². The molecule has 132 valence electrons. The number of aromatic nitrogens is 2. The lowest BCUT2D eigenvalue weighted by Gasteiger charge is -2.46. The summed E-state index contributed by atoms with van der Waals surface area (Å²) < 4.78 is 29.6. The van der Waals surface area contributed by atoms with E-state index in [0.717, 1.165) is 0 Å². The van der Waals surface area contributed by atoms with Gasteiger partial charge in [-0.05, 0) is 25.3 Å². The molecular weight excluding hydrogens is 328 g/mol. The molecule has 1 unspecified atom stereocenters. The van der Waals surface area contributed by atoms with Gasteiger partial charge in [0.2, 0.25) is 11.9 Å². The van der Waals surface area contributed by atoms with Crippen LogP contribution in [0.3, 0.4) is 0 Å². The highest BCUT2D eigenvalue weighted by atomic mass is 19.3. The molecule has 8 heteroatoms. The van der Waals surface area contributed by atoms with Gasteiger partial charge in [-0.15, -0.1) is 0 Å². The summed E-state index contributed by atoms with van der Waals surface area (Å²) in [7, 11) is 0. The molecule has 2 aliphatic heterocycles. The van der Waals surface area contributed by atoms with Crippen LogP contribution < -0.4 is 4.90 Å². The Morgan fingerprint density at radius 2 is 1.84 bits per heavy atom. The molecule has 4 rings (SSSR count). The van der Waals surface area contributed by atoms with Gasteiger partial charge in [-0.1, -0.05) is 0 Å². The zero-order valence-corrected chi connectivity index (χ0v) is 13.8. The molecule has 1 atom stereocenters. The molecule has 0 radical (unpaired) electrons. The van der Waals surface area contributed by atoms with Crippen LogP contribution in [0.4, 0.5) is 14.7 Å². The predicted octanol–water partition coefficient (Wildman–Crippen LogP) is 1.84. The Labute approximate surface area is 144 Å². The van der Waals surface area contributed by atoms with E-state index in [2.05, 4.69) is 16.0 Å². The number of hydrogen-bond acceptors (Lipinski definition) is 5. The highest BCUT2D eigenvalue weighted by Gasteiger charge is 2.62. The summed E-state index contributed by atoms with van der Waals surface area (Å²) in [5.41, 5.74) is -2.26. The van der Waals surface area contributed by atoms with Crippen LogP contribution >= 0.6 is 0 Å². The minimum Gasteiger partial charge on any atom is -0.340 e. The van der Waals surface area contributed by atoms with Crippen molar-refractivity contribution in [1.29, 1.82) is 5.26 Å². The third-order valence-corrected chi connectivity index (χ3v) is 5.81. The van der Waals surface area contributed by atoms with Crippen molar-refractivity contribution in [2.45, 2.75) is 31.6 Å². The minimum atomic E-state index is -2.85. The number of hydrogen-bond donors (Lipinski definition) is 0. The smallest absolute Gasteiger partial charge is 0.258 e. The molecule has 0 aromatic carbocycles. The second-order valence-corrected chi connectivity index (χ2v) is 7.38. The van der Waals surface area contributed by atoms with Crippen molar-refractivity contribution < 1.29 is 13.6 Å². The molecule has 1 aliphatic carbocycles. The summed E-state index contributed by atoms with van der Waals surface area (Å²) in [6, 6.07) is 3.76. The molecule has 3 heterocycles. The Balaban J connectivity index is 1.57. The molecule has 3 fully saturated rings. The predicted molar refractivity (Wildman–Crippen MR) is 84.7 cm³/mol. The molecule has 1 amide bonds. The quantitative estimate of drug-likeness (QED) is 0.816. The maximum absolute atomic E-state index is 14.8. The number of anilines is 1. The zero-order chi connectivity index (χ0) is 17.7. The van der Waals surface area contributed by atoms with Crippen LogP contribution in [0.5, 0.6) is 0 Å². The SMILES string of the molecule is N#CC1(C(=O)N2CCC(F)(F)C3(CCN(c4ncccn4)C3)C2)CC1. The number of amides is 1. The maximum atomic E-state index is 14.8. The average Bonchev–Trinajstić information content (AvgIpc) is 3.31. The molecule has 0 N–H and O–H groups in total. The number of nitrogens with zero attached hydrogens (tertiary/aromatic N) is 5. The van der Waals surface area contributed by atoms with Crippen molar-refractivity contribution in [3.63, 3.8) is 0 Å². The number of rotatable bonds is 2. The monoisotopic (exact) mass is 347 g/mol. The lowest BCUT2D eigenvalue weighted by atomic mass is 9.75. The van der Waals surface area contributed by atoms with Crippen molar-refractivity contribution >= 4 is 11.9 Å². The Hall–Kier alpha value is -2.30. The average molecular weight is 347 g/mol. The third-order valence-electron chi connectivity index (χ3n) is 5.81. The van der Waals surface area contributed by atoms with Gasteiger partial charge in [0.1, 0.15) is 5.41 Å². The third kappa shape index (κ3) is 2.44. The number of halogens is 2. The van der Waals surface area contributed by atoms with Crippen molar-refractivity contribution in [1.82, 2.24) is 14.9 Å². The van der Waals surface area contributed by atoms with E-state index < -0.39 is 16.8 Å². The van der Waals surface area contributed by atoms with Crippen molar-refractivity contribution in [3.05, 3.63) is 18.5 Å². The highest BCUT2D eigenvalue weighted by molar-refractivity contribution is 5.88. The Morgan fingerprint density at radius 3 is 2.48 bits per heavy atom. The first-order valence-corrected chi connectivity index (χ1v) is 8.52. The van der Waals surface area contributed by atoms with Gasteiger partial charge in [-0.2, -0.15) is 5.26 Å². The highest BCUT2D eigenvalue weighted by Crippen LogP contribution is 2.52. The molecule has 2 saturated heterocycles. The largest absolute Gasteiger partial charge is 0.340 e. The van der Waals surface area contributed by atoms with E-state index in [4.69, 9.17) is 0 Å². The van der Waals surface area contributed by atoms with Crippen LogP contribution in [0.25, 0.3) is 0 Å². The number of likely N-dealkylation sites (tertiary alicyclic amines) is 1. The molecular formula is C17H19F2N5O. The van der Waals surface area contributed by atoms with Gasteiger partial charge in [0, 0.05) is 45.0 Å². The van der Waals surface area contributed by atoms with Crippen molar-refractivity contribution in [2.24, 2.45) is 10.8 Å². The number of alkyl halides is 2. The summed E-state index contributed by atoms with van der Waals surface area (Å²) in [4.78, 5) is 24.2. The first-order chi connectivity index (χ1) is 11.9. The molecule has 1 spiro atoms. The summed E-state index contributed by atoms with van der Waals surface area (Å²) in [6.45, 7) is 0.558. The molecule has 1 saturated carbocycles. The fourth-order valence-electron chi connectivity index (χ4n) is 4.00. The van der Waals surface area contributed by atoms with Crippen LogP contribution in [-0.4, -0.2) is 52.9 Å². The van der Waals surface area contributed by atoms with E-state index in [-0.39, 0.29) is 38.4 Å². The topological polar surface area (TPSA) is 73.1 Å². The number of nitriles is 1. The van der Waals surface area contributed by atoms with Crippen molar-refractivity contribution in [3.8, 4) is 6.07 Å². The molecule has 6 nitrogen and oxygen atoms in total. The van der Waals surface area contributed by atoms with E-state index in [9.17, 15) is 18.8 Å². The lowest BCUT2D eigenvalue weighted by Crippen LogP contribution is -2.59. The fraction of sp³-hybridized carbons (Fsp3) is 0.647. The van der Waals surface area contributed by atoms with Gasteiger partial charge in [0.15, 0.2) is 0 Å². The molecule has 1 aromatic rings. The van der Waals surface area contributed by atoms with E-state index >= 15 is 0 Å². The molecule has 1 aromatic heterocycles. The lowest BCUT2D eigenvalue weighted by molar-refractivity contribution is -0.170. The molecule has 25 heavy (non-hydrogen) atoms. The number of carbonyl (C=O) groups is 1.